The lowest BCUT2D eigenvalue weighted by Crippen LogP contribution is -2.30. The van der Waals surface area contributed by atoms with Crippen LogP contribution in [0.2, 0.25) is 0 Å². The van der Waals surface area contributed by atoms with Gasteiger partial charge in [-0.1, -0.05) is 294 Å². The zero-order valence-corrected chi connectivity index (χ0v) is 49.6. The molecule has 0 aliphatic heterocycles. The highest BCUT2D eigenvalue weighted by molar-refractivity contribution is 5.71. The first-order valence-electron chi connectivity index (χ1n) is 32.6. The Labute approximate surface area is 460 Å². The van der Waals surface area contributed by atoms with Gasteiger partial charge >= 0.3 is 17.9 Å². The normalized spacial score (nSPS) is 12.3. The van der Waals surface area contributed by atoms with Crippen LogP contribution in [-0.4, -0.2) is 37.2 Å². The van der Waals surface area contributed by atoms with E-state index in [0.29, 0.717) is 19.3 Å². The van der Waals surface area contributed by atoms with Gasteiger partial charge in [-0.3, -0.25) is 14.4 Å². The molecule has 0 aromatic carbocycles. The van der Waals surface area contributed by atoms with Crippen LogP contribution in [0, 0.1) is 0 Å². The second-order valence-electron chi connectivity index (χ2n) is 22.0. The average molecular weight is 1040 g/mol. The highest BCUT2D eigenvalue weighted by atomic mass is 16.6. The molecule has 74 heavy (non-hydrogen) atoms. The summed E-state index contributed by atoms with van der Waals surface area (Å²) >= 11 is 0. The molecule has 0 aliphatic carbocycles. The number of hydrogen-bond donors (Lipinski definition) is 0. The average Bonchev–Trinajstić information content (AvgIpc) is 3.40. The molecule has 0 rings (SSSR count). The van der Waals surface area contributed by atoms with E-state index in [1.54, 1.807) is 0 Å². The molecular weight excluding hydrogens is 913 g/mol. The second kappa shape index (κ2) is 62.9. The molecule has 0 aromatic heterocycles. The monoisotopic (exact) mass is 1040 g/mol. The van der Waals surface area contributed by atoms with Gasteiger partial charge in [-0.15, -0.1) is 0 Å². The lowest BCUT2D eigenvalue weighted by molar-refractivity contribution is -0.167. The zero-order chi connectivity index (χ0) is 53.6. The predicted molar refractivity (Wildman–Crippen MR) is 321 cm³/mol. The van der Waals surface area contributed by atoms with Crippen molar-refractivity contribution in [3.05, 3.63) is 48.6 Å². The summed E-state index contributed by atoms with van der Waals surface area (Å²) in [7, 11) is 0. The number of unbranched alkanes of at least 4 members (excludes halogenated alkanes) is 41. The van der Waals surface area contributed by atoms with Crippen molar-refractivity contribution < 1.29 is 28.6 Å². The Kier molecular flexibility index (Phi) is 60.7. The minimum absolute atomic E-state index is 0.0714. The van der Waals surface area contributed by atoms with Gasteiger partial charge in [-0.2, -0.15) is 0 Å². The quantitative estimate of drug-likeness (QED) is 0.0261. The highest BCUT2D eigenvalue weighted by Gasteiger charge is 2.19. The maximum Gasteiger partial charge on any atom is 0.306 e. The Bertz CT molecular complexity index is 1280. The van der Waals surface area contributed by atoms with E-state index in [2.05, 4.69) is 69.4 Å². The van der Waals surface area contributed by atoms with Crippen LogP contribution in [0.1, 0.15) is 348 Å². The fraction of sp³-hybridized carbons (Fsp3) is 0.838. The molecule has 1 unspecified atom stereocenters. The molecule has 0 saturated heterocycles. The van der Waals surface area contributed by atoms with E-state index < -0.39 is 6.10 Å². The summed E-state index contributed by atoms with van der Waals surface area (Å²) in [5.74, 6) is -0.863. The first-order chi connectivity index (χ1) is 36.5. The fourth-order valence-corrected chi connectivity index (χ4v) is 9.62. The van der Waals surface area contributed by atoms with Crippen LogP contribution >= 0.6 is 0 Å². The Morgan fingerprint density at radius 1 is 0.270 bits per heavy atom. The van der Waals surface area contributed by atoms with Crippen LogP contribution in [0.5, 0.6) is 0 Å². The number of carbonyl (C=O) groups excluding carboxylic acids is 3. The van der Waals surface area contributed by atoms with Gasteiger partial charge < -0.3 is 14.2 Å². The molecule has 0 aromatic rings. The number of esters is 3. The van der Waals surface area contributed by atoms with Crippen LogP contribution in [0.4, 0.5) is 0 Å². The Morgan fingerprint density at radius 2 is 0.486 bits per heavy atom. The van der Waals surface area contributed by atoms with Crippen molar-refractivity contribution in [3.8, 4) is 0 Å². The number of allylic oxidation sites excluding steroid dienone is 8. The molecule has 0 aliphatic rings. The first kappa shape index (κ1) is 71.4. The van der Waals surface area contributed by atoms with Crippen LogP contribution < -0.4 is 0 Å². The van der Waals surface area contributed by atoms with Crippen molar-refractivity contribution in [2.75, 3.05) is 13.2 Å². The summed E-state index contributed by atoms with van der Waals surface area (Å²) in [5, 5.41) is 0. The van der Waals surface area contributed by atoms with Gasteiger partial charge in [0.1, 0.15) is 13.2 Å². The van der Waals surface area contributed by atoms with E-state index in [4.69, 9.17) is 14.2 Å². The summed E-state index contributed by atoms with van der Waals surface area (Å²) in [6, 6.07) is 0. The van der Waals surface area contributed by atoms with Crippen LogP contribution in [0.3, 0.4) is 0 Å². The van der Waals surface area contributed by atoms with Crippen LogP contribution in [-0.2, 0) is 28.6 Å². The van der Waals surface area contributed by atoms with Gasteiger partial charge in [0, 0.05) is 19.3 Å². The van der Waals surface area contributed by atoms with Crippen molar-refractivity contribution in [2.45, 2.75) is 354 Å². The van der Waals surface area contributed by atoms with E-state index in [9.17, 15) is 14.4 Å². The van der Waals surface area contributed by atoms with E-state index in [1.165, 1.54) is 231 Å². The summed E-state index contributed by atoms with van der Waals surface area (Å²) in [6.07, 6.45) is 78.6. The third kappa shape index (κ3) is 60.2. The van der Waals surface area contributed by atoms with Crippen molar-refractivity contribution in [1.29, 1.82) is 0 Å². The SMILES string of the molecule is CCCCC/C=C\CCCCCCCC(=O)OC(COC(=O)CCCCCCCCCCCCC)COC(=O)CCCCCCCCCCCCCCCCCCCC/C=C\C/C=C\C/C=C\CCCCCCC. The van der Waals surface area contributed by atoms with Gasteiger partial charge in [-0.05, 0) is 83.5 Å². The molecule has 0 radical (unpaired) electrons. The predicted octanol–water partition coefficient (Wildman–Crippen LogP) is 22.2. The van der Waals surface area contributed by atoms with E-state index in [0.717, 1.165) is 77.0 Å². The number of carbonyl (C=O) groups is 3. The molecular formula is C68H124O6. The molecule has 0 spiro atoms. The lowest BCUT2D eigenvalue weighted by Gasteiger charge is -2.18. The van der Waals surface area contributed by atoms with Gasteiger partial charge in [0.25, 0.3) is 0 Å². The smallest absolute Gasteiger partial charge is 0.306 e. The molecule has 0 amide bonds. The molecule has 0 heterocycles. The maximum absolute atomic E-state index is 12.8. The van der Waals surface area contributed by atoms with Gasteiger partial charge in [0.15, 0.2) is 6.10 Å². The molecule has 0 bridgehead atoms. The van der Waals surface area contributed by atoms with E-state index >= 15 is 0 Å². The maximum atomic E-state index is 12.8. The van der Waals surface area contributed by atoms with Gasteiger partial charge in [-0.25, -0.2) is 0 Å². The molecule has 0 N–H and O–H groups in total. The van der Waals surface area contributed by atoms with Gasteiger partial charge in [0.2, 0.25) is 0 Å². The first-order valence-corrected chi connectivity index (χ1v) is 32.6. The molecule has 0 saturated carbocycles. The molecule has 6 heteroatoms. The minimum atomic E-state index is -0.772. The third-order valence-electron chi connectivity index (χ3n) is 14.6. The summed E-state index contributed by atoms with van der Waals surface area (Å²) in [4.78, 5) is 38.1. The van der Waals surface area contributed by atoms with Crippen molar-refractivity contribution in [2.24, 2.45) is 0 Å². The number of hydrogen-bond acceptors (Lipinski definition) is 6. The largest absolute Gasteiger partial charge is 0.462 e. The topological polar surface area (TPSA) is 78.9 Å². The highest BCUT2D eigenvalue weighted by Crippen LogP contribution is 2.17. The fourth-order valence-electron chi connectivity index (χ4n) is 9.62. The van der Waals surface area contributed by atoms with E-state index in [-0.39, 0.29) is 31.1 Å². The molecule has 6 nitrogen and oxygen atoms in total. The standard InChI is InChI=1S/C68H124O6/c1-4-7-10-13-16-19-22-24-25-26-27-28-29-30-31-32-33-34-35-36-37-38-39-40-41-42-43-44-47-49-52-55-58-61-67(70)73-64-65(63-72-66(69)60-57-54-51-48-45-21-18-15-12-9-6-3)74-68(71)62-59-56-53-50-46-23-20-17-14-11-8-5-2/h17,20,22,24,26-27,29-30,65H,4-16,18-19,21,23,25,28,31-64H2,1-3H3/b20-17-,24-22-,27-26-,30-29-. The minimum Gasteiger partial charge on any atom is -0.462 e. The molecule has 0 fully saturated rings. The second-order valence-corrected chi connectivity index (χ2v) is 22.0. The third-order valence-corrected chi connectivity index (χ3v) is 14.6. The summed E-state index contributed by atoms with van der Waals surface area (Å²) in [5.41, 5.74) is 0. The van der Waals surface area contributed by atoms with Crippen molar-refractivity contribution >= 4 is 17.9 Å². The van der Waals surface area contributed by atoms with Gasteiger partial charge in [0.05, 0.1) is 0 Å². The van der Waals surface area contributed by atoms with Crippen LogP contribution in [0.25, 0.3) is 0 Å². The summed E-state index contributed by atoms with van der Waals surface area (Å²) < 4.78 is 16.9. The Morgan fingerprint density at radius 3 is 0.797 bits per heavy atom. The van der Waals surface area contributed by atoms with Crippen molar-refractivity contribution in [1.82, 2.24) is 0 Å². The van der Waals surface area contributed by atoms with E-state index in [1.807, 2.05) is 0 Å². The zero-order valence-electron chi connectivity index (χ0n) is 49.6. The molecule has 432 valence electrons. The van der Waals surface area contributed by atoms with Crippen molar-refractivity contribution in [3.63, 3.8) is 0 Å². The lowest BCUT2D eigenvalue weighted by atomic mass is 10.0. The van der Waals surface area contributed by atoms with Crippen LogP contribution in [0.15, 0.2) is 48.6 Å². The number of ether oxygens (including phenoxy) is 3. The Balaban J connectivity index is 4.03. The molecule has 1 atom stereocenters. The number of rotatable bonds is 60. The summed E-state index contributed by atoms with van der Waals surface area (Å²) in [6.45, 7) is 6.63. The Hall–Kier alpha value is -2.63.